The Hall–Kier alpha value is -7.43. The summed E-state index contributed by atoms with van der Waals surface area (Å²) in [5.74, 6) is 0. The minimum Gasteiger partial charge on any atom is -0.263 e. The Kier molecular flexibility index (Phi) is 7.14. The predicted molar refractivity (Wildman–Crippen MR) is 228 cm³/mol. The van der Waals surface area contributed by atoms with Gasteiger partial charge in [0.15, 0.2) is 0 Å². The first-order valence-corrected chi connectivity index (χ1v) is 18.6. The van der Waals surface area contributed by atoms with Gasteiger partial charge in [-0.2, -0.15) is 4.80 Å². The zero-order valence-corrected chi connectivity index (χ0v) is 29.8. The van der Waals surface area contributed by atoms with Gasteiger partial charge in [0.1, 0.15) is 11.0 Å². The molecule has 0 bridgehead atoms. The van der Waals surface area contributed by atoms with Gasteiger partial charge in [-0.1, -0.05) is 152 Å². The normalized spacial score (nSPS) is 11.6. The van der Waals surface area contributed by atoms with E-state index >= 15 is 0 Å². The van der Waals surface area contributed by atoms with Crippen LogP contribution >= 0.6 is 0 Å². The van der Waals surface area contributed by atoms with Crippen molar-refractivity contribution in [3.8, 4) is 50.2 Å². The first-order valence-electron chi connectivity index (χ1n) is 18.6. The zero-order chi connectivity index (χ0) is 36.3. The summed E-state index contributed by atoms with van der Waals surface area (Å²) in [7, 11) is 0. The molecule has 0 spiro atoms. The lowest BCUT2D eigenvalue weighted by molar-refractivity contribution is 0.766. The molecule has 0 N–H and O–H groups in total. The molecule has 4 heteroatoms. The molecular formula is C51H32N4. The lowest BCUT2D eigenvalue weighted by Crippen LogP contribution is -1.98. The monoisotopic (exact) mass is 700 g/mol. The van der Waals surface area contributed by atoms with E-state index in [-0.39, 0.29) is 0 Å². The SMILES string of the molecule is c1cc(-c2ccc3nn(-c4ccc(-c5cncc6ccccc56)cc4)nc3c2)cc(-c2c3ccccc3c(-c3cccc4ccccc34)c3ccccc23)c1. The van der Waals surface area contributed by atoms with E-state index in [2.05, 4.69) is 181 Å². The van der Waals surface area contributed by atoms with Gasteiger partial charge in [0.2, 0.25) is 0 Å². The third kappa shape index (κ3) is 5.19. The fourth-order valence-electron chi connectivity index (χ4n) is 8.36. The van der Waals surface area contributed by atoms with E-state index in [0.717, 1.165) is 44.4 Å². The predicted octanol–water partition coefficient (Wildman–Crippen LogP) is 13.1. The Morgan fingerprint density at radius 1 is 0.327 bits per heavy atom. The minimum atomic E-state index is 0.848. The molecule has 0 amide bonds. The summed E-state index contributed by atoms with van der Waals surface area (Å²) in [6, 6.07) is 65.0. The minimum absolute atomic E-state index is 0.848. The number of fused-ring (bicyclic) bond motifs is 5. The second-order valence-corrected chi connectivity index (χ2v) is 14.1. The van der Waals surface area contributed by atoms with Crippen molar-refractivity contribution in [3.05, 3.63) is 194 Å². The van der Waals surface area contributed by atoms with E-state index in [1.165, 1.54) is 60.0 Å². The summed E-state index contributed by atoms with van der Waals surface area (Å²) >= 11 is 0. The van der Waals surface area contributed by atoms with Crippen LogP contribution in [0.25, 0.3) is 104 Å². The Labute approximate surface area is 317 Å². The van der Waals surface area contributed by atoms with Crippen LogP contribution in [0.1, 0.15) is 0 Å². The highest BCUT2D eigenvalue weighted by Gasteiger charge is 2.18. The second-order valence-electron chi connectivity index (χ2n) is 14.1. The van der Waals surface area contributed by atoms with Crippen LogP contribution in [0.3, 0.4) is 0 Å². The Bertz CT molecular complexity index is 3200. The first-order chi connectivity index (χ1) is 27.3. The Balaban J connectivity index is 0.991. The molecule has 0 aliphatic heterocycles. The molecule has 0 saturated heterocycles. The Morgan fingerprint density at radius 3 is 1.62 bits per heavy atom. The van der Waals surface area contributed by atoms with Crippen molar-refractivity contribution >= 4 is 54.1 Å². The van der Waals surface area contributed by atoms with Gasteiger partial charge in [0, 0.05) is 23.3 Å². The van der Waals surface area contributed by atoms with E-state index in [4.69, 9.17) is 10.2 Å². The summed E-state index contributed by atoms with van der Waals surface area (Å²) in [5.41, 5.74) is 12.0. The fraction of sp³-hybridized carbons (Fsp3) is 0. The fourth-order valence-corrected chi connectivity index (χ4v) is 8.36. The molecule has 11 aromatic rings. The van der Waals surface area contributed by atoms with E-state index in [9.17, 15) is 0 Å². The molecule has 0 aliphatic rings. The lowest BCUT2D eigenvalue weighted by atomic mass is 9.84. The Morgan fingerprint density at radius 2 is 0.873 bits per heavy atom. The van der Waals surface area contributed by atoms with Gasteiger partial charge in [-0.05, 0) is 107 Å². The molecule has 55 heavy (non-hydrogen) atoms. The quantitative estimate of drug-likeness (QED) is 0.168. The van der Waals surface area contributed by atoms with Crippen LogP contribution in [0.15, 0.2) is 194 Å². The van der Waals surface area contributed by atoms with Crippen molar-refractivity contribution in [3.63, 3.8) is 0 Å². The van der Waals surface area contributed by atoms with Crippen LogP contribution in [-0.2, 0) is 0 Å². The summed E-state index contributed by atoms with van der Waals surface area (Å²) < 4.78 is 0. The number of nitrogens with zero attached hydrogens (tertiary/aromatic N) is 4. The van der Waals surface area contributed by atoms with Crippen LogP contribution in [0.5, 0.6) is 0 Å². The molecule has 9 aromatic carbocycles. The largest absolute Gasteiger partial charge is 0.263 e. The number of hydrogen-bond acceptors (Lipinski definition) is 3. The molecule has 4 nitrogen and oxygen atoms in total. The standard InChI is InChI=1S/C51H32N4/c1-3-16-40-33(11-1)13-10-22-42(40)51-45-20-7-5-18-43(45)50(44-19-6-8-21-46(44)51)37-15-9-14-35(29-37)36-25-28-48-49(30-36)54-55(53-48)39-26-23-34(24-27-39)47-32-52-31-38-12-2-4-17-41(38)47/h1-32H. The number of hydrogen-bond donors (Lipinski definition) is 0. The van der Waals surface area contributed by atoms with Gasteiger partial charge < -0.3 is 0 Å². The third-order valence-corrected chi connectivity index (χ3v) is 10.9. The van der Waals surface area contributed by atoms with Crippen LogP contribution in [-0.4, -0.2) is 20.0 Å². The molecule has 0 radical (unpaired) electrons. The summed E-state index contributed by atoms with van der Waals surface area (Å²) in [5, 5.41) is 19.6. The summed E-state index contributed by atoms with van der Waals surface area (Å²) in [6.07, 6.45) is 3.84. The number of rotatable bonds is 5. The highest BCUT2D eigenvalue weighted by molar-refractivity contribution is 6.23. The van der Waals surface area contributed by atoms with Gasteiger partial charge in [0.25, 0.3) is 0 Å². The molecule has 0 atom stereocenters. The van der Waals surface area contributed by atoms with Crippen LogP contribution in [0.2, 0.25) is 0 Å². The van der Waals surface area contributed by atoms with Gasteiger partial charge >= 0.3 is 0 Å². The molecule has 2 heterocycles. The first kappa shape index (κ1) is 31.1. The van der Waals surface area contributed by atoms with E-state index in [1.54, 1.807) is 4.80 Å². The molecule has 0 aliphatic carbocycles. The van der Waals surface area contributed by atoms with E-state index < -0.39 is 0 Å². The number of benzene rings is 9. The zero-order valence-electron chi connectivity index (χ0n) is 29.8. The van der Waals surface area contributed by atoms with Crippen LogP contribution in [0, 0.1) is 0 Å². The molecule has 0 unspecified atom stereocenters. The average molecular weight is 701 g/mol. The number of pyridine rings is 1. The van der Waals surface area contributed by atoms with E-state index in [1.807, 2.05) is 18.5 Å². The maximum Gasteiger partial charge on any atom is 0.114 e. The topological polar surface area (TPSA) is 43.6 Å². The van der Waals surface area contributed by atoms with Gasteiger partial charge in [-0.25, -0.2) is 0 Å². The van der Waals surface area contributed by atoms with Crippen LogP contribution < -0.4 is 0 Å². The molecular weight excluding hydrogens is 669 g/mol. The molecule has 0 saturated carbocycles. The average Bonchev–Trinajstić information content (AvgIpc) is 3.69. The lowest BCUT2D eigenvalue weighted by Gasteiger charge is -2.19. The molecule has 256 valence electrons. The highest BCUT2D eigenvalue weighted by atomic mass is 15.5. The van der Waals surface area contributed by atoms with Gasteiger partial charge in [-0.3, -0.25) is 4.98 Å². The third-order valence-electron chi connectivity index (χ3n) is 10.9. The van der Waals surface area contributed by atoms with Gasteiger partial charge in [0.05, 0.1) is 5.69 Å². The summed E-state index contributed by atoms with van der Waals surface area (Å²) in [6.45, 7) is 0. The van der Waals surface area contributed by atoms with E-state index in [0.29, 0.717) is 0 Å². The highest BCUT2D eigenvalue weighted by Crippen LogP contribution is 2.45. The van der Waals surface area contributed by atoms with Crippen molar-refractivity contribution in [2.45, 2.75) is 0 Å². The van der Waals surface area contributed by atoms with Crippen molar-refractivity contribution in [1.82, 2.24) is 20.0 Å². The molecule has 2 aromatic heterocycles. The summed E-state index contributed by atoms with van der Waals surface area (Å²) in [4.78, 5) is 6.20. The van der Waals surface area contributed by atoms with Crippen molar-refractivity contribution in [2.75, 3.05) is 0 Å². The van der Waals surface area contributed by atoms with Gasteiger partial charge in [-0.15, -0.1) is 10.2 Å². The second kappa shape index (κ2) is 12.6. The molecule has 0 fully saturated rings. The maximum absolute atomic E-state index is 4.94. The number of aromatic nitrogens is 4. The van der Waals surface area contributed by atoms with Crippen molar-refractivity contribution < 1.29 is 0 Å². The van der Waals surface area contributed by atoms with Crippen molar-refractivity contribution in [2.24, 2.45) is 0 Å². The molecule has 11 rings (SSSR count). The van der Waals surface area contributed by atoms with Crippen LogP contribution in [0.4, 0.5) is 0 Å². The smallest absolute Gasteiger partial charge is 0.114 e. The maximum atomic E-state index is 4.94. The van der Waals surface area contributed by atoms with Crippen molar-refractivity contribution in [1.29, 1.82) is 0 Å².